The fraction of sp³-hybridized carbons (Fsp3) is 1.00. The van der Waals surface area contributed by atoms with Gasteiger partial charge in [-0.05, 0) is 20.3 Å². The first-order valence-electron chi connectivity index (χ1n) is 3.00. The summed E-state index contributed by atoms with van der Waals surface area (Å²) in [5.74, 6) is 0. The number of ether oxygens (including phenoxy) is 1. The van der Waals surface area contributed by atoms with Gasteiger partial charge in [-0.15, -0.1) is 0 Å². The molecule has 0 amide bonds. The van der Waals surface area contributed by atoms with Crippen molar-refractivity contribution in [2.45, 2.75) is 39.6 Å². The van der Waals surface area contributed by atoms with E-state index in [1.165, 1.54) is 0 Å². The zero-order valence-corrected chi connectivity index (χ0v) is 5.72. The van der Waals surface area contributed by atoms with Crippen molar-refractivity contribution in [3.8, 4) is 0 Å². The molecule has 0 saturated carbocycles. The van der Waals surface area contributed by atoms with Gasteiger partial charge >= 0.3 is 0 Å². The Morgan fingerprint density at radius 3 is 2.12 bits per heavy atom. The van der Waals surface area contributed by atoms with Crippen LogP contribution >= 0.6 is 0 Å². The lowest BCUT2D eigenvalue weighted by molar-refractivity contribution is -0.118. The lowest BCUT2D eigenvalue weighted by Crippen LogP contribution is -2.14. The molecule has 2 nitrogen and oxygen atoms in total. The van der Waals surface area contributed by atoms with Crippen molar-refractivity contribution in [2.75, 3.05) is 0 Å². The molecular weight excluding hydrogens is 104 g/mol. The molecular formula is C6H14O2. The second kappa shape index (κ2) is 3.87. The van der Waals surface area contributed by atoms with E-state index >= 15 is 0 Å². The van der Waals surface area contributed by atoms with Crippen molar-refractivity contribution in [3.05, 3.63) is 0 Å². The number of aliphatic hydroxyl groups is 1. The maximum absolute atomic E-state index is 8.63. The minimum Gasteiger partial charge on any atom is -0.368 e. The van der Waals surface area contributed by atoms with Gasteiger partial charge in [0.2, 0.25) is 0 Å². The average molecular weight is 118 g/mol. The van der Waals surface area contributed by atoms with Crippen LogP contribution in [0.3, 0.4) is 0 Å². The second-order valence-corrected chi connectivity index (χ2v) is 1.95. The van der Waals surface area contributed by atoms with Gasteiger partial charge in [-0.2, -0.15) is 0 Å². The largest absolute Gasteiger partial charge is 0.368 e. The van der Waals surface area contributed by atoms with E-state index in [0.29, 0.717) is 0 Å². The maximum atomic E-state index is 8.63. The van der Waals surface area contributed by atoms with Crippen LogP contribution in [0, 0.1) is 0 Å². The van der Waals surface area contributed by atoms with Crippen LogP contribution in [0.5, 0.6) is 0 Å². The molecule has 0 heterocycles. The molecule has 0 saturated heterocycles. The minimum atomic E-state index is -0.620. The third-order valence-electron chi connectivity index (χ3n) is 1.00. The molecule has 8 heavy (non-hydrogen) atoms. The van der Waals surface area contributed by atoms with Gasteiger partial charge in [0.25, 0.3) is 0 Å². The summed E-state index contributed by atoms with van der Waals surface area (Å²) in [6.45, 7) is 5.58. The van der Waals surface area contributed by atoms with E-state index in [9.17, 15) is 0 Å². The molecule has 0 rings (SSSR count). The summed E-state index contributed by atoms with van der Waals surface area (Å²) in [6, 6.07) is 0. The lowest BCUT2D eigenvalue weighted by atomic mass is 10.3. The third kappa shape index (κ3) is 4.09. The highest BCUT2D eigenvalue weighted by atomic mass is 16.6. The summed E-state index contributed by atoms with van der Waals surface area (Å²) in [5.41, 5.74) is 0. The Labute approximate surface area is 50.5 Å². The molecule has 0 aromatic rings. The zero-order valence-electron chi connectivity index (χ0n) is 5.72. The van der Waals surface area contributed by atoms with Crippen LogP contribution < -0.4 is 0 Å². The number of rotatable bonds is 3. The van der Waals surface area contributed by atoms with Crippen molar-refractivity contribution < 1.29 is 9.84 Å². The molecule has 0 aliphatic heterocycles. The lowest BCUT2D eigenvalue weighted by Gasteiger charge is -2.11. The molecule has 2 unspecified atom stereocenters. The highest BCUT2D eigenvalue weighted by Gasteiger charge is 2.00. The normalized spacial score (nSPS) is 18.0. The Balaban J connectivity index is 3.10. The summed E-state index contributed by atoms with van der Waals surface area (Å²) in [5, 5.41) is 8.63. The summed E-state index contributed by atoms with van der Waals surface area (Å²) >= 11 is 0. The molecule has 50 valence electrons. The predicted molar refractivity (Wildman–Crippen MR) is 32.5 cm³/mol. The molecule has 0 aliphatic rings. The smallest absolute Gasteiger partial charge is 0.152 e. The third-order valence-corrected chi connectivity index (χ3v) is 1.00. The first-order valence-corrected chi connectivity index (χ1v) is 3.00. The summed E-state index contributed by atoms with van der Waals surface area (Å²) in [6.07, 6.45) is 0.505. The van der Waals surface area contributed by atoms with E-state index in [1.807, 2.05) is 13.8 Å². The van der Waals surface area contributed by atoms with E-state index < -0.39 is 6.29 Å². The van der Waals surface area contributed by atoms with Crippen molar-refractivity contribution in [1.82, 2.24) is 0 Å². The molecule has 0 aromatic heterocycles. The van der Waals surface area contributed by atoms with Gasteiger partial charge in [-0.1, -0.05) is 6.92 Å². The second-order valence-electron chi connectivity index (χ2n) is 1.95. The Hall–Kier alpha value is -0.0800. The predicted octanol–water partition coefficient (Wildman–Crippen LogP) is 1.14. The quantitative estimate of drug-likeness (QED) is 0.563. The molecule has 2 heteroatoms. The standard InChI is InChI=1S/C6H14O2/c1-4-5(2)8-6(3)7/h5-7H,4H2,1-3H3. The number of aliphatic hydroxyl groups excluding tert-OH is 1. The number of hydrogen-bond donors (Lipinski definition) is 1. The summed E-state index contributed by atoms with van der Waals surface area (Å²) in [4.78, 5) is 0. The Bertz CT molecular complexity index is 52.5. The highest BCUT2D eigenvalue weighted by molar-refractivity contribution is 4.42. The Kier molecular flexibility index (Phi) is 3.83. The fourth-order valence-electron chi connectivity index (χ4n) is 0.432. The topological polar surface area (TPSA) is 29.5 Å². The van der Waals surface area contributed by atoms with E-state index in [1.54, 1.807) is 6.92 Å². The first-order chi connectivity index (χ1) is 3.66. The molecule has 0 aliphatic carbocycles. The van der Waals surface area contributed by atoms with Crippen LogP contribution in [0.2, 0.25) is 0 Å². The molecule has 0 aromatic carbocycles. The van der Waals surface area contributed by atoms with Crippen LogP contribution in [-0.2, 0) is 4.74 Å². The molecule has 0 bridgehead atoms. The van der Waals surface area contributed by atoms with Gasteiger partial charge in [0.15, 0.2) is 6.29 Å². The van der Waals surface area contributed by atoms with E-state index in [4.69, 9.17) is 9.84 Å². The van der Waals surface area contributed by atoms with Gasteiger partial charge in [-0.25, -0.2) is 0 Å². The highest BCUT2D eigenvalue weighted by Crippen LogP contribution is 1.97. The van der Waals surface area contributed by atoms with E-state index in [0.717, 1.165) is 6.42 Å². The average Bonchev–Trinajstić information content (AvgIpc) is 1.65. The van der Waals surface area contributed by atoms with Crippen LogP contribution in [0.4, 0.5) is 0 Å². The fourth-order valence-corrected chi connectivity index (χ4v) is 0.432. The first kappa shape index (κ1) is 7.92. The van der Waals surface area contributed by atoms with Gasteiger partial charge in [-0.3, -0.25) is 0 Å². The van der Waals surface area contributed by atoms with Crippen molar-refractivity contribution in [3.63, 3.8) is 0 Å². The van der Waals surface area contributed by atoms with Crippen LogP contribution in [-0.4, -0.2) is 17.5 Å². The van der Waals surface area contributed by atoms with E-state index in [-0.39, 0.29) is 6.10 Å². The van der Waals surface area contributed by atoms with Gasteiger partial charge in [0, 0.05) is 0 Å². The molecule has 0 radical (unpaired) electrons. The van der Waals surface area contributed by atoms with Crippen molar-refractivity contribution in [1.29, 1.82) is 0 Å². The molecule has 0 fully saturated rings. The minimum absolute atomic E-state index is 0.176. The van der Waals surface area contributed by atoms with Gasteiger partial charge in [0.05, 0.1) is 6.10 Å². The SMILES string of the molecule is CCC(C)OC(C)O. The van der Waals surface area contributed by atoms with Crippen molar-refractivity contribution in [2.24, 2.45) is 0 Å². The van der Waals surface area contributed by atoms with Crippen LogP contribution in [0.15, 0.2) is 0 Å². The zero-order chi connectivity index (χ0) is 6.57. The molecule has 1 N–H and O–H groups in total. The number of hydrogen-bond acceptors (Lipinski definition) is 2. The van der Waals surface area contributed by atoms with Gasteiger partial charge < -0.3 is 9.84 Å². The summed E-state index contributed by atoms with van der Waals surface area (Å²) < 4.78 is 4.95. The summed E-state index contributed by atoms with van der Waals surface area (Å²) in [7, 11) is 0. The monoisotopic (exact) mass is 118 g/mol. The van der Waals surface area contributed by atoms with Crippen LogP contribution in [0.1, 0.15) is 27.2 Å². The van der Waals surface area contributed by atoms with Gasteiger partial charge in [0.1, 0.15) is 0 Å². The Morgan fingerprint density at radius 1 is 1.50 bits per heavy atom. The molecule has 2 atom stereocenters. The maximum Gasteiger partial charge on any atom is 0.152 e. The van der Waals surface area contributed by atoms with Crippen LogP contribution in [0.25, 0.3) is 0 Å². The molecule has 0 spiro atoms. The Morgan fingerprint density at radius 2 is 2.00 bits per heavy atom. The van der Waals surface area contributed by atoms with E-state index in [2.05, 4.69) is 0 Å². The van der Waals surface area contributed by atoms with Crippen molar-refractivity contribution >= 4 is 0 Å².